The largest absolute Gasteiger partial charge is 0.320 e. The maximum Gasteiger partial charge on any atom is 0.273 e. The molecule has 2 aromatic rings. The molecule has 0 aliphatic heterocycles. The normalized spacial score (nSPS) is 10.5. The second-order valence-electron chi connectivity index (χ2n) is 4.44. The SMILES string of the molecule is CNCc1ccccc1NC(=O)c1cc(C)nn1C. The van der Waals surface area contributed by atoms with Crippen LogP contribution in [0.1, 0.15) is 21.7 Å². The molecule has 0 fully saturated rings. The van der Waals surface area contributed by atoms with Crippen molar-refractivity contribution in [1.82, 2.24) is 15.1 Å². The van der Waals surface area contributed by atoms with E-state index >= 15 is 0 Å². The van der Waals surface area contributed by atoms with Gasteiger partial charge in [0.1, 0.15) is 5.69 Å². The molecule has 5 nitrogen and oxygen atoms in total. The Bertz CT molecular complexity index is 589. The van der Waals surface area contributed by atoms with Crippen LogP contribution in [0.15, 0.2) is 30.3 Å². The Balaban J connectivity index is 2.21. The molecule has 100 valence electrons. The van der Waals surface area contributed by atoms with Crippen LogP contribution in [-0.4, -0.2) is 22.7 Å². The van der Waals surface area contributed by atoms with E-state index in [2.05, 4.69) is 15.7 Å². The molecule has 0 atom stereocenters. The summed E-state index contributed by atoms with van der Waals surface area (Å²) in [5.74, 6) is -0.147. The highest BCUT2D eigenvalue weighted by Gasteiger charge is 2.13. The molecule has 1 aromatic heterocycles. The van der Waals surface area contributed by atoms with Crippen molar-refractivity contribution in [2.24, 2.45) is 7.05 Å². The van der Waals surface area contributed by atoms with E-state index in [-0.39, 0.29) is 5.91 Å². The van der Waals surface area contributed by atoms with Crippen LogP contribution in [0.25, 0.3) is 0 Å². The maximum absolute atomic E-state index is 12.2. The minimum Gasteiger partial charge on any atom is -0.320 e. The zero-order chi connectivity index (χ0) is 13.8. The molecule has 2 rings (SSSR count). The minimum absolute atomic E-state index is 0.147. The second-order valence-corrected chi connectivity index (χ2v) is 4.44. The summed E-state index contributed by atoms with van der Waals surface area (Å²) in [7, 11) is 3.64. The van der Waals surface area contributed by atoms with Crippen molar-refractivity contribution in [2.45, 2.75) is 13.5 Å². The van der Waals surface area contributed by atoms with Crippen molar-refractivity contribution in [3.05, 3.63) is 47.3 Å². The molecular formula is C14H18N4O. The van der Waals surface area contributed by atoms with Gasteiger partial charge in [-0.05, 0) is 31.7 Å². The van der Waals surface area contributed by atoms with Crippen molar-refractivity contribution in [1.29, 1.82) is 0 Å². The van der Waals surface area contributed by atoms with Crippen molar-refractivity contribution < 1.29 is 4.79 Å². The lowest BCUT2D eigenvalue weighted by Gasteiger charge is -2.10. The third-order valence-electron chi connectivity index (χ3n) is 2.87. The first-order valence-corrected chi connectivity index (χ1v) is 6.16. The third-order valence-corrected chi connectivity index (χ3v) is 2.87. The van der Waals surface area contributed by atoms with Crippen molar-refractivity contribution in [2.75, 3.05) is 12.4 Å². The number of nitrogens with zero attached hydrogens (tertiary/aromatic N) is 2. The number of anilines is 1. The number of nitrogens with one attached hydrogen (secondary N) is 2. The number of amides is 1. The number of hydrogen-bond donors (Lipinski definition) is 2. The molecule has 0 aliphatic rings. The van der Waals surface area contributed by atoms with E-state index in [1.54, 1.807) is 17.8 Å². The maximum atomic E-state index is 12.2. The number of hydrogen-bond acceptors (Lipinski definition) is 3. The van der Waals surface area contributed by atoms with E-state index < -0.39 is 0 Å². The van der Waals surface area contributed by atoms with Crippen LogP contribution in [0, 0.1) is 6.92 Å². The topological polar surface area (TPSA) is 58.9 Å². The van der Waals surface area contributed by atoms with Crippen LogP contribution in [0.2, 0.25) is 0 Å². The first-order chi connectivity index (χ1) is 9.11. The fourth-order valence-corrected chi connectivity index (χ4v) is 2.00. The second kappa shape index (κ2) is 5.67. The van der Waals surface area contributed by atoms with E-state index in [0.717, 1.165) is 16.9 Å². The highest BCUT2D eigenvalue weighted by Crippen LogP contribution is 2.16. The van der Waals surface area contributed by atoms with Gasteiger partial charge in [0.25, 0.3) is 5.91 Å². The van der Waals surface area contributed by atoms with Gasteiger partial charge in [-0.2, -0.15) is 5.10 Å². The molecular weight excluding hydrogens is 240 g/mol. The molecule has 5 heteroatoms. The molecule has 1 aromatic carbocycles. The molecule has 0 saturated heterocycles. The van der Waals surface area contributed by atoms with E-state index in [0.29, 0.717) is 12.2 Å². The van der Waals surface area contributed by atoms with Crippen LogP contribution in [0.4, 0.5) is 5.69 Å². The lowest BCUT2D eigenvalue weighted by atomic mass is 10.1. The van der Waals surface area contributed by atoms with Crippen LogP contribution in [0.5, 0.6) is 0 Å². The molecule has 1 heterocycles. The fourth-order valence-electron chi connectivity index (χ4n) is 2.00. The van der Waals surface area contributed by atoms with Crippen LogP contribution in [-0.2, 0) is 13.6 Å². The number of carbonyl (C=O) groups excluding carboxylic acids is 1. The van der Waals surface area contributed by atoms with Gasteiger partial charge in [-0.3, -0.25) is 9.48 Å². The first-order valence-electron chi connectivity index (χ1n) is 6.16. The summed E-state index contributed by atoms with van der Waals surface area (Å²) in [6.07, 6.45) is 0. The zero-order valence-electron chi connectivity index (χ0n) is 11.4. The lowest BCUT2D eigenvalue weighted by molar-refractivity contribution is 0.101. The molecule has 0 radical (unpaired) electrons. The van der Waals surface area contributed by atoms with Gasteiger partial charge >= 0.3 is 0 Å². The smallest absolute Gasteiger partial charge is 0.273 e. The van der Waals surface area contributed by atoms with Gasteiger partial charge in [0, 0.05) is 19.3 Å². The Morgan fingerprint density at radius 3 is 2.74 bits per heavy atom. The molecule has 19 heavy (non-hydrogen) atoms. The van der Waals surface area contributed by atoms with Gasteiger partial charge in [-0.25, -0.2) is 0 Å². The molecule has 0 aliphatic carbocycles. The Morgan fingerprint density at radius 1 is 1.37 bits per heavy atom. The monoisotopic (exact) mass is 258 g/mol. The van der Waals surface area contributed by atoms with Crippen molar-refractivity contribution >= 4 is 11.6 Å². The molecule has 0 unspecified atom stereocenters. The number of benzene rings is 1. The van der Waals surface area contributed by atoms with E-state index in [4.69, 9.17) is 0 Å². The molecule has 0 bridgehead atoms. The average Bonchev–Trinajstić information content (AvgIpc) is 2.71. The van der Waals surface area contributed by atoms with Gasteiger partial charge in [-0.15, -0.1) is 0 Å². The summed E-state index contributed by atoms with van der Waals surface area (Å²) in [5.41, 5.74) is 3.26. The van der Waals surface area contributed by atoms with Gasteiger partial charge < -0.3 is 10.6 Å². The summed E-state index contributed by atoms with van der Waals surface area (Å²) < 4.78 is 1.59. The van der Waals surface area contributed by atoms with E-state index in [1.165, 1.54) is 0 Å². The Morgan fingerprint density at radius 2 is 2.11 bits per heavy atom. The number of carbonyl (C=O) groups is 1. The first kappa shape index (κ1) is 13.3. The van der Waals surface area contributed by atoms with Gasteiger partial charge in [0.2, 0.25) is 0 Å². The van der Waals surface area contributed by atoms with Gasteiger partial charge in [0.15, 0.2) is 0 Å². The van der Waals surface area contributed by atoms with Gasteiger partial charge in [-0.1, -0.05) is 18.2 Å². The predicted molar refractivity (Wildman–Crippen MR) is 75.1 cm³/mol. The number of para-hydroxylation sites is 1. The predicted octanol–water partition coefficient (Wildman–Crippen LogP) is 1.70. The van der Waals surface area contributed by atoms with E-state index in [9.17, 15) is 4.79 Å². The van der Waals surface area contributed by atoms with Crippen LogP contribution in [0.3, 0.4) is 0 Å². The van der Waals surface area contributed by atoms with Gasteiger partial charge in [0.05, 0.1) is 5.69 Å². The van der Waals surface area contributed by atoms with Crippen LogP contribution >= 0.6 is 0 Å². The summed E-state index contributed by atoms with van der Waals surface area (Å²) in [5, 5.41) is 10.2. The number of rotatable bonds is 4. The molecule has 1 amide bonds. The lowest BCUT2D eigenvalue weighted by Crippen LogP contribution is -2.18. The zero-order valence-corrected chi connectivity index (χ0v) is 11.4. The highest BCUT2D eigenvalue weighted by atomic mass is 16.2. The summed E-state index contributed by atoms with van der Waals surface area (Å²) in [4.78, 5) is 12.2. The van der Waals surface area contributed by atoms with E-state index in [1.807, 2.05) is 38.2 Å². The fraction of sp³-hybridized carbons (Fsp3) is 0.286. The number of aryl methyl sites for hydroxylation is 2. The molecule has 0 saturated carbocycles. The highest BCUT2D eigenvalue weighted by molar-refractivity contribution is 6.03. The standard InChI is InChI=1S/C14H18N4O/c1-10-8-13(18(3)17-10)14(19)16-12-7-5-4-6-11(12)9-15-2/h4-8,15H,9H2,1-3H3,(H,16,19). The quantitative estimate of drug-likeness (QED) is 0.877. The summed E-state index contributed by atoms with van der Waals surface area (Å²) >= 11 is 0. The molecule has 2 N–H and O–H groups in total. The minimum atomic E-state index is -0.147. The Labute approximate surface area is 112 Å². The Kier molecular flexibility index (Phi) is 3.97. The number of aromatic nitrogens is 2. The van der Waals surface area contributed by atoms with Crippen molar-refractivity contribution in [3.63, 3.8) is 0 Å². The third kappa shape index (κ3) is 3.00. The van der Waals surface area contributed by atoms with Crippen molar-refractivity contribution in [3.8, 4) is 0 Å². The molecule has 0 spiro atoms. The summed E-state index contributed by atoms with van der Waals surface area (Å²) in [6.45, 7) is 2.58. The Hall–Kier alpha value is -2.14. The van der Waals surface area contributed by atoms with Crippen LogP contribution < -0.4 is 10.6 Å². The summed E-state index contributed by atoms with van der Waals surface area (Å²) in [6, 6.07) is 9.52. The average molecular weight is 258 g/mol.